The zero-order valence-electron chi connectivity index (χ0n) is 14.1. The Morgan fingerprint density at radius 3 is 2.78 bits per heavy atom. The third kappa shape index (κ3) is 3.01. The second-order valence-electron chi connectivity index (χ2n) is 6.69. The summed E-state index contributed by atoms with van der Waals surface area (Å²) in [6.07, 6.45) is -1.41. The van der Waals surface area contributed by atoms with Crippen LogP contribution in [-0.4, -0.2) is 45.4 Å². The van der Waals surface area contributed by atoms with Crippen LogP contribution in [0.2, 0.25) is 5.02 Å². The monoisotopic (exact) mass is 394 g/mol. The molecule has 142 valence electrons. The maximum Gasteiger partial charge on any atom is 0.411 e. The first-order chi connectivity index (χ1) is 12.9. The molecule has 2 amide bonds. The molecule has 2 heterocycles. The molecule has 10 heteroatoms. The van der Waals surface area contributed by atoms with Gasteiger partial charge >= 0.3 is 6.09 Å². The Morgan fingerprint density at radius 2 is 2.11 bits per heavy atom. The number of amides is 2. The van der Waals surface area contributed by atoms with Crippen LogP contribution >= 0.6 is 11.6 Å². The Kier molecular flexibility index (Phi) is 4.26. The number of anilines is 1. The summed E-state index contributed by atoms with van der Waals surface area (Å²) in [5.74, 6) is -0.525. The van der Waals surface area contributed by atoms with Crippen molar-refractivity contribution in [2.45, 2.75) is 37.5 Å². The van der Waals surface area contributed by atoms with E-state index in [1.54, 1.807) is 23.1 Å². The predicted molar refractivity (Wildman–Crippen MR) is 96.1 cm³/mol. The Morgan fingerprint density at radius 1 is 1.37 bits per heavy atom. The van der Waals surface area contributed by atoms with Gasteiger partial charge in [0.2, 0.25) is 5.95 Å². The molecule has 1 saturated heterocycles. The van der Waals surface area contributed by atoms with Crippen LogP contribution in [0.25, 0.3) is 10.9 Å². The van der Waals surface area contributed by atoms with Gasteiger partial charge in [0.1, 0.15) is 12.2 Å². The lowest BCUT2D eigenvalue weighted by molar-refractivity contribution is -0.121. The zero-order valence-corrected chi connectivity index (χ0v) is 14.8. The van der Waals surface area contributed by atoms with Crippen LogP contribution in [0.4, 0.5) is 15.1 Å². The number of rotatable bonds is 3. The topological polar surface area (TPSA) is 105 Å². The molecule has 0 bridgehead atoms. The summed E-state index contributed by atoms with van der Waals surface area (Å²) in [4.78, 5) is 42.2. The zero-order chi connectivity index (χ0) is 19.3. The van der Waals surface area contributed by atoms with E-state index in [1.165, 1.54) is 4.57 Å². The molecular weight excluding hydrogens is 379 g/mol. The standard InChI is InChI=1S/C17H16ClFN4O4/c18-8-3-1-4-10-13(8)15(25)23(12-7-9(12)19)16(20-10)22-6-2-5-11(22)14(24)21-17(26)27/h1,3-4,9,11-12H,2,5-7H2,(H,21,24)(H,26,27)/t9-,11?,12+/m0/s1. The number of carbonyl (C=O) groups is 2. The first-order valence-corrected chi connectivity index (χ1v) is 8.91. The molecule has 1 aromatic carbocycles. The highest BCUT2D eigenvalue weighted by Crippen LogP contribution is 2.41. The van der Waals surface area contributed by atoms with Gasteiger partial charge in [-0.3, -0.25) is 19.5 Å². The molecule has 1 unspecified atom stereocenters. The quantitative estimate of drug-likeness (QED) is 0.826. The highest BCUT2D eigenvalue weighted by atomic mass is 35.5. The number of alkyl halides is 1. The average Bonchev–Trinajstić information content (AvgIpc) is 3.12. The van der Waals surface area contributed by atoms with E-state index < -0.39 is 35.8 Å². The lowest BCUT2D eigenvalue weighted by atomic mass is 10.2. The highest BCUT2D eigenvalue weighted by Gasteiger charge is 2.44. The van der Waals surface area contributed by atoms with Gasteiger partial charge in [0.15, 0.2) is 0 Å². The number of benzene rings is 1. The Hall–Kier alpha value is -2.68. The molecule has 1 aromatic heterocycles. The maximum atomic E-state index is 13.8. The molecule has 0 spiro atoms. The third-order valence-corrected chi connectivity index (χ3v) is 5.23. The number of fused-ring (bicyclic) bond motifs is 1. The summed E-state index contributed by atoms with van der Waals surface area (Å²) in [6, 6.07) is 3.38. The van der Waals surface area contributed by atoms with Crippen molar-refractivity contribution in [3.8, 4) is 0 Å². The molecule has 2 aliphatic rings. The summed E-state index contributed by atoms with van der Waals surface area (Å²) in [7, 11) is 0. The van der Waals surface area contributed by atoms with E-state index in [4.69, 9.17) is 16.7 Å². The van der Waals surface area contributed by atoms with Crippen LogP contribution in [0.5, 0.6) is 0 Å². The molecule has 1 aliphatic heterocycles. The summed E-state index contributed by atoms with van der Waals surface area (Å²) in [6.45, 7) is 0.403. The fourth-order valence-electron chi connectivity index (χ4n) is 3.58. The van der Waals surface area contributed by atoms with E-state index in [0.717, 1.165) is 0 Å². The van der Waals surface area contributed by atoms with Crippen LogP contribution in [-0.2, 0) is 4.79 Å². The maximum absolute atomic E-state index is 13.8. The van der Waals surface area contributed by atoms with Crippen LogP contribution in [0.15, 0.2) is 23.0 Å². The molecule has 0 radical (unpaired) electrons. The minimum absolute atomic E-state index is 0.169. The van der Waals surface area contributed by atoms with E-state index in [9.17, 15) is 18.8 Å². The van der Waals surface area contributed by atoms with E-state index in [-0.39, 0.29) is 22.8 Å². The van der Waals surface area contributed by atoms with Crippen molar-refractivity contribution in [1.82, 2.24) is 14.9 Å². The van der Waals surface area contributed by atoms with Gasteiger partial charge in [-0.2, -0.15) is 0 Å². The normalized spacial score (nSPS) is 24.2. The van der Waals surface area contributed by atoms with Crippen LogP contribution in [0.1, 0.15) is 25.3 Å². The number of carbonyl (C=O) groups excluding carboxylic acids is 1. The SMILES string of the molecule is O=C(O)NC(=O)C1CCCN1c1nc2cccc(Cl)c2c(=O)n1[C@@H]1C[C@@H]1F. The van der Waals surface area contributed by atoms with Gasteiger partial charge in [0, 0.05) is 13.0 Å². The first-order valence-electron chi connectivity index (χ1n) is 8.53. The molecule has 2 N–H and O–H groups in total. The van der Waals surface area contributed by atoms with Gasteiger partial charge in [-0.25, -0.2) is 14.2 Å². The lowest BCUT2D eigenvalue weighted by Crippen LogP contribution is -2.47. The summed E-state index contributed by atoms with van der Waals surface area (Å²) < 4.78 is 15.1. The second kappa shape index (κ2) is 6.49. The predicted octanol–water partition coefficient (Wildman–Crippen LogP) is 2.10. The molecule has 2 aromatic rings. The number of hydrogen-bond acceptors (Lipinski definition) is 5. The molecule has 27 heavy (non-hydrogen) atoms. The Balaban J connectivity index is 1.86. The van der Waals surface area contributed by atoms with E-state index >= 15 is 0 Å². The van der Waals surface area contributed by atoms with E-state index in [0.29, 0.717) is 24.9 Å². The van der Waals surface area contributed by atoms with Crippen LogP contribution in [0, 0.1) is 0 Å². The Labute approximate surface area is 157 Å². The van der Waals surface area contributed by atoms with Crippen molar-refractivity contribution in [3.63, 3.8) is 0 Å². The number of carboxylic acid groups (broad SMARTS) is 1. The van der Waals surface area contributed by atoms with Crippen molar-refractivity contribution >= 4 is 40.5 Å². The minimum Gasteiger partial charge on any atom is -0.465 e. The van der Waals surface area contributed by atoms with Gasteiger partial charge < -0.3 is 10.0 Å². The van der Waals surface area contributed by atoms with Gasteiger partial charge in [0.25, 0.3) is 11.5 Å². The first kappa shape index (κ1) is 17.7. The number of imide groups is 1. The largest absolute Gasteiger partial charge is 0.465 e. The lowest BCUT2D eigenvalue weighted by Gasteiger charge is -2.27. The van der Waals surface area contributed by atoms with Crippen LogP contribution < -0.4 is 15.8 Å². The minimum atomic E-state index is -1.45. The third-order valence-electron chi connectivity index (χ3n) is 4.92. The fraction of sp³-hybridized carbons (Fsp3) is 0.412. The smallest absolute Gasteiger partial charge is 0.411 e. The highest BCUT2D eigenvalue weighted by molar-refractivity contribution is 6.35. The van der Waals surface area contributed by atoms with Gasteiger partial charge in [0.05, 0.1) is 22.0 Å². The van der Waals surface area contributed by atoms with E-state index in [2.05, 4.69) is 4.98 Å². The summed E-state index contributed by atoms with van der Waals surface area (Å²) in [5.41, 5.74) is -0.117. The number of nitrogens with one attached hydrogen (secondary N) is 1. The van der Waals surface area contributed by atoms with Crippen molar-refractivity contribution < 1.29 is 19.1 Å². The molecule has 3 atom stereocenters. The Bertz CT molecular complexity index is 1010. The molecule has 1 saturated carbocycles. The second-order valence-corrected chi connectivity index (χ2v) is 7.09. The van der Waals surface area contributed by atoms with Crippen molar-refractivity contribution in [3.05, 3.63) is 33.6 Å². The van der Waals surface area contributed by atoms with Gasteiger partial charge in [-0.1, -0.05) is 17.7 Å². The summed E-state index contributed by atoms with van der Waals surface area (Å²) >= 11 is 6.15. The van der Waals surface area contributed by atoms with Crippen molar-refractivity contribution in [1.29, 1.82) is 0 Å². The summed E-state index contributed by atoms with van der Waals surface area (Å²) in [5, 5.41) is 11.1. The number of halogens is 2. The molecule has 4 rings (SSSR count). The molecular formula is C17H16ClFN4O4. The number of hydrogen-bond donors (Lipinski definition) is 2. The molecule has 2 fully saturated rings. The van der Waals surface area contributed by atoms with E-state index in [1.807, 2.05) is 5.32 Å². The van der Waals surface area contributed by atoms with Crippen molar-refractivity contribution in [2.75, 3.05) is 11.4 Å². The van der Waals surface area contributed by atoms with Gasteiger partial charge in [-0.05, 0) is 25.0 Å². The molecule has 8 nitrogen and oxygen atoms in total. The number of nitrogens with zero attached hydrogens (tertiary/aromatic N) is 3. The number of aromatic nitrogens is 2. The van der Waals surface area contributed by atoms with Gasteiger partial charge in [-0.15, -0.1) is 0 Å². The average molecular weight is 395 g/mol. The molecule has 1 aliphatic carbocycles. The van der Waals surface area contributed by atoms with Crippen molar-refractivity contribution in [2.24, 2.45) is 0 Å². The van der Waals surface area contributed by atoms with Crippen LogP contribution in [0.3, 0.4) is 0 Å². The fourth-order valence-corrected chi connectivity index (χ4v) is 3.83.